The first kappa shape index (κ1) is 25.0. The summed E-state index contributed by atoms with van der Waals surface area (Å²) in [7, 11) is 0. The van der Waals surface area contributed by atoms with Gasteiger partial charge in [0.25, 0.3) is 5.69 Å². The number of ether oxygens (including phenoxy) is 2. The summed E-state index contributed by atoms with van der Waals surface area (Å²) in [5.41, 5.74) is 5.46. The van der Waals surface area contributed by atoms with Gasteiger partial charge in [0.05, 0.1) is 21.3 Å². The molecule has 2 amide bonds. The smallest absolute Gasteiger partial charge is 0.339 e. The van der Waals surface area contributed by atoms with Crippen molar-refractivity contribution in [2.45, 2.75) is 20.5 Å². The molecular formula is C24H23IN4O5. The summed E-state index contributed by atoms with van der Waals surface area (Å²) in [6.07, 6.45) is 1.51. The van der Waals surface area contributed by atoms with Crippen LogP contribution >= 0.6 is 22.6 Å². The van der Waals surface area contributed by atoms with E-state index in [1.165, 1.54) is 18.3 Å². The number of rotatable bonds is 9. The number of benzene rings is 3. The van der Waals surface area contributed by atoms with E-state index in [9.17, 15) is 14.9 Å². The molecule has 34 heavy (non-hydrogen) atoms. The predicted octanol–water partition coefficient (Wildman–Crippen LogP) is 5.64. The minimum atomic E-state index is -0.456. The van der Waals surface area contributed by atoms with E-state index in [0.717, 1.165) is 9.13 Å². The first-order chi connectivity index (χ1) is 16.4. The molecule has 0 aliphatic carbocycles. The largest absolute Gasteiger partial charge is 0.490 e. The van der Waals surface area contributed by atoms with E-state index in [4.69, 9.17) is 9.47 Å². The third kappa shape index (κ3) is 6.91. The Bertz CT molecular complexity index is 1220. The van der Waals surface area contributed by atoms with Gasteiger partial charge in [-0.15, -0.1) is 0 Å². The molecule has 0 atom stereocenters. The molecule has 0 aliphatic rings. The van der Waals surface area contributed by atoms with Gasteiger partial charge in [-0.25, -0.2) is 10.2 Å². The maximum absolute atomic E-state index is 12.1. The van der Waals surface area contributed by atoms with E-state index in [0.29, 0.717) is 34.9 Å². The Labute approximate surface area is 210 Å². The Morgan fingerprint density at radius 3 is 2.68 bits per heavy atom. The second kappa shape index (κ2) is 12.0. The Hall–Kier alpha value is -3.67. The van der Waals surface area contributed by atoms with Gasteiger partial charge >= 0.3 is 6.03 Å². The minimum absolute atomic E-state index is 0.00588. The molecule has 176 valence electrons. The number of carbonyl (C=O) groups excluding carboxylic acids is 1. The number of hydrogen-bond donors (Lipinski definition) is 2. The normalized spacial score (nSPS) is 10.7. The fourth-order valence-electron chi connectivity index (χ4n) is 3.01. The van der Waals surface area contributed by atoms with Crippen molar-refractivity contribution < 1.29 is 19.2 Å². The minimum Gasteiger partial charge on any atom is -0.490 e. The molecule has 0 unspecified atom stereocenters. The zero-order chi connectivity index (χ0) is 24.5. The lowest BCUT2D eigenvalue weighted by atomic mass is 10.2. The number of nitrogens with zero attached hydrogens (tertiary/aromatic N) is 2. The summed E-state index contributed by atoms with van der Waals surface area (Å²) in [6.45, 7) is 4.32. The van der Waals surface area contributed by atoms with Crippen molar-refractivity contribution >= 4 is 46.2 Å². The van der Waals surface area contributed by atoms with Crippen LogP contribution in [0.25, 0.3) is 0 Å². The van der Waals surface area contributed by atoms with Gasteiger partial charge in [0.2, 0.25) is 0 Å². The highest BCUT2D eigenvalue weighted by molar-refractivity contribution is 14.1. The molecule has 0 radical (unpaired) electrons. The molecule has 3 aromatic carbocycles. The highest BCUT2D eigenvalue weighted by atomic mass is 127. The Morgan fingerprint density at radius 1 is 1.15 bits per heavy atom. The van der Waals surface area contributed by atoms with Crippen LogP contribution in [0.2, 0.25) is 0 Å². The molecule has 0 heterocycles. The molecule has 0 bridgehead atoms. The molecule has 0 spiro atoms. The third-order valence-electron chi connectivity index (χ3n) is 4.61. The van der Waals surface area contributed by atoms with Crippen LogP contribution in [0.4, 0.5) is 16.2 Å². The number of anilines is 1. The van der Waals surface area contributed by atoms with Crippen molar-refractivity contribution in [2.24, 2.45) is 5.10 Å². The number of aryl methyl sites for hydroxylation is 1. The van der Waals surface area contributed by atoms with E-state index in [1.807, 2.05) is 44.2 Å². The number of non-ortho nitro benzene ring substituents is 1. The van der Waals surface area contributed by atoms with E-state index in [-0.39, 0.29) is 12.3 Å². The molecule has 3 rings (SSSR count). The standard InChI is InChI=1S/C24H23IN4O5/c1-3-33-22-13-18(14-26-28-24(30)27-21-10-5-4-7-16(21)2)12-20(25)23(22)34-15-17-8-6-9-19(11-17)29(31)32/h4-14H,3,15H2,1-2H3,(H2,27,28,30). The maximum atomic E-state index is 12.1. The first-order valence-electron chi connectivity index (χ1n) is 10.4. The zero-order valence-corrected chi connectivity index (χ0v) is 20.7. The molecule has 3 aromatic rings. The summed E-state index contributed by atoms with van der Waals surface area (Å²) < 4.78 is 12.4. The number of carbonyl (C=O) groups is 1. The van der Waals surface area contributed by atoms with Gasteiger partial charge in [-0.3, -0.25) is 10.1 Å². The van der Waals surface area contributed by atoms with Gasteiger partial charge in [0.15, 0.2) is 11.5 Å². The van der Waals surface area contributed by atoms with Crippen LogP contribution in [0.15, 0.2) is 65.8 Å². The summed E-state index contributed by atoms with van der Waals surface area (Å²) in [6, 6.07) is 16.8. The average molecular weight is 574 g/mol. The van der Waals surface area contributed by atoms with Crippen molar-refractivity contribution in [1.29, 1.82) is 0 Å². The molecule has 0 saturated heterocycles. The highest BCUT2D eigenvalue weighted by Gasteiger charge is 2.13. The number of amides is 2. The molecule has 10 heteroatoms. The summed E-state index contributed by atoms with van der Waals surface area (Å²) in [4.78, 5) is 22.7. The van der Waals surface area contributed by atoms with E-state index in [2.05, 4.69) is 38.4 Å². The molecule has 0 aromatic heterocycles. The monoisotopic (exact) mass is 574 g/mol. The van der Waals surface area contributed by atoms with Crippen LogP contribution in [-0.4, -0.2) is 23.8 Å². The van der Waals surface area contributed by atoms with E-state index in [1.54, 1.807) is 18.2 Å². The lowest BCUT2D eigenvalue weighted by Gasteiger charge is -2.14. The van der Waals surface area contributed by atoms with Gasteiger partial charge in [0.1, 0.15) is 6.61 Å². The number of para-hydroxylation sites is 1. The Morgan fingerprint density at radius 2 is 1.94 bits per heavy atom. The molecule has 0 aliphatic heterocycles. The number of urea groups is 1. The van der Waals surface area contributed by atoms with E-state index >= 15 is 0 Å². The van der Waals surface area contributed by atoms with Crippen molar-refractivity contribution in [1.82, 2.24) is 5.43 Å². The summed E-state index contributed by atoms with van der Waals surface area (Å²) >= 11 is 2.12. The number of halogens is 1. The van der Waals surface area contributed by atoms with Crippen LogP contribution in [-0.2, 0) is 6.61 Å². The highest BCUT2D eigenvalue weighted by Crippen LogP contribution is 2.34. The fourth-order valence-corrected chi connectivity index (χ4v) is 3.79. The zero-order valence-electron chi connectivity index (χ0n) is 18.6. The van der Waals surface area contributed by atoms with Crippen LogP contribution in [0.5, 0.6) is 11.5 Å². The SMILES string of the molecule is CCOc1cc(C=NNC(=O)Nc2ccccc2C)cc(I)c1OCc1cccc([N+](=O)[O-])c1. The van der Waals surface area contributed by atoms with Crippen LogP contribution in [0, 0.1) is 20.6 Å². The van der Waals surface area contributed by atoms with Crippen molar-refractivity contribution in [3.63, 3.8) is 0 Å². The number of nitro benzene ring substituents is 1. The van der Waals surface area contributed by atoms with Crippen LogP contribution < -0.4 is 20.2 Å². The van der Waals surface area contributed by atoms with Crippen LogP contribution in [0.1, 0.15) is 23.6 Å². The lowest BCUT2D eigenvalue weighted by molar-refractivity contribution is -0.384. The third-order valence-corrected chi connectivity index (χ3v) is 5.41. The average Bonchev–Trinajstić information content (AvgIpc) is 2.80. The maximum Gasteiger partial charge on any atom is 0.339 e. The fraction of sp³-hybridized carbons (Fsp3) is 0.167. The second-order valence-electron chi connectivity index (χ2n) is 7.12. The first-order valence-corrected chi connectivity index (χ1v) is 11.4. The van der Waals surface area contributed by atoms with Gasteiger partial charge in [-0.1, -0.05) is 30.3 Å². The molecule has 0 fully saturated rings. The van der Waals surface area contributed by atoms with Gasteiger partial charge in [0, 0.05) is 17.8 Å². The van der Waals surface area contributed by atoms with E-state index < -0.39 is 11.0 Å². The van der Waals surface area contributed by atoms with Crippen molar-refractivity contribution in [3.8, 4) is 11.5 Å². The molecular weight excluding hydrogens is 551 g/mol. The number of nitrogens with one attached hydrogen (secondary N) is 2. The Kier molecular flexibility index (Phi) is 8.79. The second-order valence-corrected chi connectivity index (χ2v) is 8.28. The summed E-state index contributed by atoms with van der Waals surface area (Å²) in [5.74, 6) is 1.03. The molecule has 0 saturated carbocycles. The topological polar surface area (TPSA) is 115 Å². The quantitative estimate of drug-likeness (QED) is 0.149. The van der Waals surface area contributed by atoms with Crippen LogP contribution in [0.3, 0.4) is 0 Å². The lowest BCUT2D eigenvalue weighted by Crippen LogP contribution is -2.24. The van der Waals surface area contributed by atoms with Gasteiger partial charge in [-0.2, -0.15) is 5.10 Å². The number of hydrogen-bond acceptors (Lipinski definition) is 6. The number of nitro groups is 1. The number of hydrazone groups is 1. The van der Waals surface area contributed by atoms with Gasteiger partial charge in [-0.05, 0) is 71.3 Å². The Balaban J connectivity index is 1.69. The van der Waals surface area contributed by atoms with Crippen molar-refractivity contribution in [2.75, 3.05) is 11.9 Å². The molecule has 2 N–H and O–H groups in total. The van der Waals surface area contributed by atoms with Crippen molar-refractivity contribution in [3.05, 3.63) is 91.0 Å². The summed E-state index contributed by atoms with van der Waals surface area (Å²) in [5, 5.41) is 17.7. The molecule has 9 nitrogen and oxygen atoms in total. The van der Waals surface area contributed by atoms with Gasteiger partial charge < -0.3 is 14.8 Å². The predicted molar refractivity (Wildman–Crippen MR) is 139 cm³/mol.